The number of rotatable bonds is 8. The monoisotopic (exact) mass is 291 g/mol. The van der Waals surface area contributed by atoms with Gasteiger partial charge in [-0.2, -0.15) is 5.10 Å². The Kier molecular flexibility index (Phi) is 5.44. The van der Waals surface area contributed by atoms with Gasteiger partial charge in [0, 0.05) is 12.6 Å². The molecule has 2 rings (SSSR count). The van der Waals surface area contributed by atoms with Crippen molar-refractivity contribution in [2.75, 3.05) is 0 Å². The molecule has 0 bridgehead atoms. The number of ether oxygens (including phenoxy) is 1. The summed E-state index contributed by atoms with van der Waals surface area (Å²) in [4.78, 5) is 0. The van der Waals surface area contributed by atoms with E-state index in [1.807, 2.05) is 16.9 Å². The lowest BCUT2D eigenvalue weighted by Crippen LogP contribution is -2.21. The van der Waals surface area contributed by atoms with Gasteiger partial charge < -0.3 is 14.5 Å². The summed E-state index contributed by atoms with van der Waals surface area (Å²) in [5.41, 5.74) is 1.16. The van der Waals surface area contributed by atoms with Crippen LogP contribution in [0.3, 0.4) is 0 Å². The molecule has 0 radical (unpaired) electrons. The van der Waals surface area contributed by atoms with E-state index in [1.54, 1.807) is 6.20 Å². The van der Waals surface area contributed by atoms with Crippen LogP contribution in [0.5, 0.6) is 5.75 Å². The van der Waals surface area contributed by atoms with Crippen molar-refractivity contribution in [1.29, 1.82) is 0 Å². The number of furan rings is 1. The summed E-state index contributed by atoms with van der Waals surface area (Å²) < 4.78 is 13.4. The highest BCUT2D eigenvalue weighted by molar-refractivity contribution is 5.20. The van der Waals surface area contributed by atoms with Gasteiger partial charge in [-0.05, 0) is 25.0 Å². The SMILES string of the molecule is CCCn1cc(OCc2cc(C)c(CNC(C)C)o2)cn1. The maximum absolute atomic E-state index is 5.83. The molecule has 5 nitrogen and oxygen atoms in total. The van der Waals surface area contributed by atoms with Crippen molar-refractivity contribution >= 4 is 0 Å². The molecule has 0 unspecified atom stereocenters. The van der Waals surface area contributed by atoms with Crippen LogP contribution in [0.15, 0.2) is 22.9 Å². The molecule has 0 aliphatic rings. The minimum absolute atomic E-state index is 0.431. The number of aryl methyl sites for hydroxylation is 2. The molecule has 1 N–H and O–H groups in total. The molecule has 0 saturated heterocycles. The zero-order valence-corrected chi connectivity index (χ0v) is 13.3. The van der Waals surface area contributed by atoms with Gasteiger partial charge in [-0.25, -0.2) is 0 Å². The molecule has 0 aromatic carbocycles. The Morgan fingerprint density at radius 1 is 1.43 bits per heavy atom. The summed E-state index contributed by atoms with van der Waals surface area (Å²) in [6.07, 6.45) is 4.72. The first-order valence-electron chi connectivity index (χ1n) is 7.55. The van der Waals surface area contributed by atoms with Crippen LogP contribution in [-0.4, -0.2) is 15.8 Å². The predicted molar refractivity (Wildman–Crippen MR) is 82.3 cm³/mol. The van der Waals surface area contributed by atoms with Crippen LogP contribution >= 0.6 is 0 Å². The molecule has 2 aromatic heterocycles. The van der Waals surface area contributed by atoms with E-state index >= 15 is 0 Å². The smallest absolute Gasteiger partial charge is 0.157 e. The Bertz CT molecular complexity index is 558. The van der Waals surface area contributed by atoms with Crippen molar-refractivity contribution in [2.24, 2.45) is 0 Å². The largest absolute Gasteiger partial charge is 0.482 e. The maximum atomic E-state index is 5.83. The number of aromatic nitrogens is 2. The minimum atomic E-state index is 0.431. The van der Waals surface area contributed by atoms with Crippen LogP contribution in [0.25, 0.3) is 0 Å². The standard InChI is InChI=1S/C16H25N3O2/c1-5-6-19-10-15(8-18-19)20-11-14-7-13(4)16(21-14)9-17-12(2)3/h7-8,10,12,17H,5-6,9,11H2,1-4H3. The van der Waals surface area contributed by atoms with Gasteiger partial charge in [0.25, 0.3) is 0 Å². The van der Waals surface area contributed by atoms with Crippen molar-refractivity contribution in [3.05, 3.63) is 35.5 Å². The Morgan fingerprint density at radius 3 is 2.95 bits per heavy atom. The molecule has 0 saturated carbocycles. The van der Waals surface area contributed by atoms with Gasteiger partial charge in [0.2, 0.25) is 0 Å². The second-order valence-corrected chi connectivity index (χ2v) is 5.58. The Labute approximate surface area is 126 Å². The Hall–Kier alpha value is -1.75. The van der Waals surface area contributed by atoms with Gasteiger partial charge in [-0.1, -0.05) is 20.8 Å². The van der Waals surface area contributed by atoms with E-state index in [9.17, 15) is 0 Å². The van der Waals surface area contributed by atoms with Crippen molar-refractivity contribution in [1.82, 2.24) is 15.1 Å². The van der Waals surface area contributed by atoms with Crippen LogP contribution in [-0.2, 0) is 19.7 Å². The van der Waals surface area contributed by atoms with Gasteiger partial charge in [0.1, 0.15) is 18.1 Å². The van der Waals surface area contributed by atoms with Crippen molar-refractivity contribution in [3.63, 3.8) is 0 Å². The summed E-state index contributed by atoms with van der Waals surface area (Å²) in [7, 11) is 0. The first kappa shape index (κ1) is 15.6. The van der Waals surface area contributed by atoms with E-state index < -0.39 is 0 Å². The third-order valence-corrected chi connectivity index (χ3v) is 3.19. The average molecular weight is 291 g/mol. The first-order chi connectivity index (χ1) is 10.1. The van der Waals surface area contributed by atoms with Crippen molar-refractivity contribution in [3.8, 4) is 5.75 Å². The zero-order valence-electron chi connectivity index (χ0n) is 13.3. The summed E-state index contributed by atoms with van der Waals surface area (Å²) in [5.74, 6) is 2.60. The van der Waals surface area contributed by atoms with Gasteiger partial charge in [0.15, 0.2) is 5.75 Å². The molecule has 0 amide bonds. The van der Waals surface area contributed by atoms with Crippen LogP contribution in [0.4, 0.5) is 0 Å². The molecule has 0 aliphatic heterocycles. The molecule has 0 aliphatic carbocycles. The van der Waals surface area contributed by atoms with Crippen LogP contribution in [0.2, 0.25) is 0 Å². The normalized spacial score (nSPS) is 11.3. The molecule has 0 spiro atoms. The third-order valence-electron chi connectivity index (χ3n) is 3.19. The highest BCUT2D eigenvalue weighted by Gasteiger charge is 2.09. The van der Waals surface area contributed by atoms with Crippen molar-refractivity contribution < 1.29 is 9.15 Å². The lowest BCUT2D eigenvalue weighted by Gasteiger charge is -2.06. The fourth-order valence-corrected chi connectivity index (χ4v) is 2.06. The molecule has 2 heterocycles. The highest BCUT2D eigenvalue weighted by Crippen LogP contribution is 2.17. The summed E-state index contributed by atoms with van der Waals surface area (Å²) in [6.45, 7) is 10.5. The van der Waals surface area contributed by atoms with Crippen LogP contribution in [0.1, 0.15) is 44.3 Å². The van der Waals surface area contributed by atoms with Gasteiger partial charge >= 0.3 is 0 Å². The van der Waals surface area contributed by atoms with Gasteiger partial charge in [-0.3, -0.25) is 4.68 Å². The van der Waals surface area contributed by atoms with E-state index in [-0.39, 0.29) is 0 Å². The quantitative estimate of drug-likeness (QED) is 0.811. The lowest BCUT2D eigenvalue weighted by atomic mass is 10.2. The molecular formula is C16H25N3O2. The fourth-order valence-electron chi connectivity index (χ4n) is 2.06. The van der Waals surface area contributed by atoms with E-state index in [0.29, 0.717) is 12.6 Å². The maximum Gasteiger partial charge on any atom is 0.157 e. The fraction of sp³-hybridized carbons (Fsp3) is 0.562. The highest BCUT2D eigenvalue weighted by atomic mass is 16.5. The molecule has 5 heteroatoms. The lowest BCUT2D eigenvalue weighted by molar-refractivity contribution is 0.264. The van der Waals surface area contributed by atoms with E-state index in [1.165, 1.54) is 0 Å². The zero-order chi connectivity index (χ0) is 15.2. The first-order valence-corrected chi connectivity index (χ1v) is 7.55. The van der Waals surface area contributed by atoms with Crippen molar-refractivity contribution in [2.45, 2.75) is 59.9 Å². The third kappa shape index (κ3) is 4.63. The molecule has 0 atom stereocenters. The molecule has 0 fully saturated rings. The predicted octanol–water partition coefficient (Wildman–Crippen LogP) is 3.27. The second-order valence-electron chi connectivity index (χ2n) is 5.58. The average Bonchev–Trinajstić information content (AvgIpc) is 3.01. The summed E-state index contributed by atoms with van der Waals surface area (Å²) in [5, 5.41) is 7.60. The number of nitrogens with one attached hydrogen (secondary N) is 1. The van der Waals surface area contributed by atoms with Crippen LogP contribution < -0.4 is 10.1 Å². The molecular weight excluding hydrogens is 266 g/mol. The Balaban J connectivity index is 1.89. The van der Waals surface area contributed by atoms with Crippen LogP contribution in [0, 0.1) is 6.92 Å². The molecule has 116 valence electrons. The molecule has 2 aromatic rings. The summed E-state index contributed by atoms with van der Waals surface area (Å²) >= 11 is 0. The Morgan fingerprint density at radius 2 is 2.24 bits per heavy atom. The van der Waals surface area contributed by atoms with Gasteiger partial charge in [0.05, 0.1) is 18.9 Å². The summed E-state index contributed by atoms with van der Waals surface area (Å²) in [6, 6.07) is 2.48. The number of hydrogen-bond acceptors (Lipinski definition) is 4. The van der Waals surface area contributed by atoms with Gasteiger partial charge in [-0.15, -0.1) is 0 Å². The molecule has 21 heavy (non-hydrogen) atoms. The second kappa shape index (κ2) is 7.31. The van der Waals surface area contributed by atoms with E-state index in [2.05, 4.69) is 38.1 Å². The minimum Gasteiger partial charge on any atom is -0.482 e. The van der Waals surface area contributed by atoms with E-state index in [4.69, 9.17) is 9.15 Å². The van der Waals surface area contributed by atoms with E-state index in [0.717, 1.165) is 42.3 Å². The topological polar surface area (TPSA) is 52.2 Å². The number of hydrogen-bond donors (Lipinski definition) is 1. The number of nitrogens with zero attached hydrogens (tertiary/aromatic N) is 2.